The molecule has 2 nitrogen and oxygen atoms in total. The lowest BCUT2D eigenvalue weighted by molar-refractivity contribution is -0.137. The zero-order valence-electron chi connectivity index (χ0n) is 11.3. The minimum atomic E-state index is -4.59. The summed E-state index contributed by atoms with van der Waals surface area (Å²) in [5.41, 5.74) is -1.44. The van der Waals surface area contributed by atoms with E-state index in [2.05, 4.69) is 5.32 Å². The highest BCUT2D eigenvalue weighted by molar-refractivity contribution is 5.94. The molecule has 3 rings (SSSR count). The van der Waals surface area contributed by atoms with Crippen LogP contribution in [0.4, 0.5) is 17.6 Å². The number of benzene rings is 1. The maximum atomic E-state index is 13.6. The van der Waals surface area contributed by atoms with E-state index in [4.69, 9.17) is 0 Å². The molecule has 6 heteroatoms. The van der Waals surface area contributed by atoms with Crippen molar-refractivity contribution in [2.75, 3.05) is 6.54 Å². The summed E-state index contributed by atoms with van der Waals surface area (Å²) in [6.45, 7) is 0.423. The van der Waals surface area contributed by atoms with Crippen molar-refractivity contribution < 1.29 is 22.4 Å². The van der Waals surface area contributed by atoms with E-state index in [1.807, 2.05) is 0 Å². The Morgan fingerprint density at radius 1 is 1.29 bits per heavy atom. The van der Waals surface area contributed by atoms with Crippen LogP contribution >= 0.6 is 0 Å². The Bertz CT molecular complexity index is 574. The van der Waals surface area contributed by atoms with Gasteiger partial charge in [-0.1, -0.05) is 0 Å². The van der Waals surface area contributed by atoms with Gasteiger partial charge >= 0.3 is 6.18 Å². The summed E-state index contributed by atoms with van der Waals surface area (Å²) >= 11 is 0. The molecule has 0 bridgehead atoms. The highest BCUT2D eigenvalue weighted by Gasteiger charge is 2.53. The van der Waals surface area contributed by atoms with Gasteiger partial charge in [0.15, 0.2) is 0 Å². The van der Waals surface area contributed by atoms with Crippen LogP contribution in [-0.4, -0.2) is 12.5 Å². The molecule has 0 spiro atoms. The number of hydrogen-bond acceptors (Lipinski definition) is 1. The number of alkyl halides is 3. The third-order valence-corrected chi connectivity index (χ3v) is 4.47. The fourth-order valence-electron chi connectivity index (χ4n) is 2.81. The van der Waals surface area contributed by atoms with Gasteiger partial charge < -0.3 is 5.32 Å². The van der Waals surface area contributed by atoms with Crippen LogP contribution in [0, 0.1) is 17.2 Å². The van der Waals surface area contributed by atoms with Crippen LogP contribution < -0.4 is 5.32 Å². The Morgan fingerprint density at radius 3 is 2.48 bits per heavy atom. The Labute approximate surface area is 119 Å². The van der Waals surface area contributed by atoms with Gasteiger partial charge in [-0.2, -0.15) is 13.2 Å². The molecule has 0 radical (unpaired) electrons. The lowest BCUT2D eigenvalue weighted by atomic mass is 10.0. The molecule has 1 N–H and O–H groups in total. The molecule has 0 atom stereocenters. The summed E-state index contributed by atoms with van der Waals surface area (Å²) in [6.07, 6.45) is -0.234. The van der Waals surface area contributed by atoms with Crippen molar-refractivity contribution >= 4 is 5.91 Å². The van der Waals surface area contributed by atoms with Crippen molar-refractivity contribution in [1.82, 2.24) is 5.32 Å². The Kier molecular flexibility index (Phi) is 3.22. The maximum Gasteiger partial charge on any atom is 0.416 e. The van der Waals surface area contributed by atoms with Crippen LogP contribution in [0.25, 0.3) is 0 Å². The first-order chi connectivity index (χ1) is 9.82. The number of nitrogens with one attached hydrogen (secondary N) is 1. The largest absolute Gasteiger partial charge is 0.416 e. The van der Waals surface area contributed by atoms with Crippen LogP contribution in [0.3, 0.4) is 0 Å². The molecule has 0 saturated heterocycles. The molecule has 0 heterocycles. The molecular weight excluding hydrogens is 286 g/mol. The molecule has 2 saturated carbocycles. The van der Waals surface area contributed by atoms with E-state index in [0.717, 1.165) is 25.7 Å². The predicted molar refractivity (Wildman–Crippen MR) is 68.1 cm³/mol. The van der Waals surface area contributed by atoms with E-state index in [9.17, 15) is 22.4 Å². The number of halogens is 4. The zero-order chi connectivity index (χ0) is 15.3. The van der Waals surface area contributed by atoms with Crippen LogP contribution in [-0.2, 0) is 6.18 Å². The van der Waals surface area contributed by atoms with Gasteiger partial charge in [0.1, 0.15) is 5.82 Å². The Balaban J connectivity index is 1.71. The molecule has 114 valence electrons. The zero-order valence-corrected chi connectivity index (χ0v) is 11.3. The summed E-state index contributed by atoms with van der Waals surface area (Å²) in [5, 5.41) is 2.60. The number of carbonyl (C=O) groups excluding carboxylic acids is 1. The smallest absolute Gasteiger partial charge is 0.351 e. The molecule has 2 aliphatic carbocycles. The monoisotopic (exact) mass is 301 g/mol. The first-order valence-electron chi connectivity index (χ1n) is 6.97. The van der Waals surface area contributed by atoms with E-state index >= 15 is 0 Å². The topological polar surface area (TPSA) is 29.1 Å². The second-order valence-corrected chi connectivity index (χ2v) is 6.01. The molecule has 21 heavy (non-hydrogen) atoms. The number of carbonyl (C=O) groups is 1. The third-order valence-electron chi connectivity index (χ3n) is 4.47. The minimum absolute atomic E-state index is 0.119. The van der Waals surface area contributed by atoms with E-state index in [-0.39, 0.29) is 5.41 Å². The van der Waals surface area contributed by atoms with Gasteiger partial charge in [-0.05, 0) is 55.2 Å². The third kappa shape index (κ3) is 2.89. The highest BCUT2D eigenvalue weighted by Crippen LogP contribution is 2.60. The Hall–Kier alpha value is -1.59. The fourth-order valence-corrected chi connectivity index (χ4v) is 2.81. The summed E-state index contributed by atoms with van der Waals surface area (Å²) < 4.78 is 51.4. The highest BCUT2D eigenvalue weighted by atomic mass is 19.4. The van der Waals surface area contributed by atoms with Crippen LogP contribution in [0.15, 0.2) is 18.2 Å². The van der Waals surface area contributed by atoms with E-state index in [0.29, 0.717) is 30.7 Å². The quantitative estimate of drug-likeness (QED) is 0.843. The molecule has 2 aliphatic rings. The second kappa shape index (κ2) is 4.71. The van der Waals surface area contributed by atoms with Gasteiger partial charge in [-0.3, -0.25) is 4.79 Å². The molecule has 0 unspecified atom stereocenters. The van der Waals surface area contributed by atoms with E-state index < -0.39 is 29.0 Å². The molecule has 1 aromatic carbocycles. The average molecular weight is 301 g/mol. The van der Waals surface area contributed by atoms with Gasteiger partial charge in [0.2, 0.25) is 0 Å². The van der Waals surface area contributed by atoms with Gasteiger partial charge in [0, 0.05) is 6.54 Å². The normalized spacial score (nSPS) is 20.2. The average Bonchev–Trinajstić information content (AvgIpc) is 3.25. The van der Waals surface area contributed by atoms with Gasteiger partial charge in [-0.25, -0.2) is 4.39 Å². The first kappa shape index (κ1) is 14.4. The molecular formula is C15H15F4NO. The summed E-state index contributed by atoms with van der Waals surface area (Å²) in [6, 6.07) is 1.89. The molecule has 1 amide bonds. The Morgan fingerprint density at radius 2 is 1.95 bits per heavy atom. The summed E-state index contributed by atoms with van der Waals surface area (Å²) in [7, 11) is 0. The van der Waals surface area contributed by atoms with Gasteiger partial charge in [-0.15, -0.1) is 0 Å². The molecule has 2 fully saturated rings. The molecule has 0 aromatic heterocycles. The van der Waals surface area contributed by atoms with Crippen molar-refractivity contribution in [2.24, 2.45) is 11.3 Å². The van der Waals surface area contributed by atoms with E-state index in [1.165, 1.54) is 0 Å². The lowest BCUT2D eigenvalue weighted by Gasteiger charge is -2.15. The molecule has 0 aliphatic heterocycles. The maximum absolute atomic E-state index is 13.6. The second-order valence-electron chi connectivity index (χ2n) is 6.01. The SMILES string of the molecule is O=C(NCC1(C2CC2)CC1)c1cc(C(F)(F)F)ccc1F. The van der Waals surface area contributed by atoms with Crippen molar-refractivity contribution in [3.63, 3.8) is 0 Å². The van der Waals surface area contributed by atoms with Crippen LogP contribution in [0.5, 0.6) is 0 Å². The number of rotatable bonds is 4. The first-order valence-corrected chi connectivity index (χ1v) is 6.97. The minimum Gasteiger partial charge on any atom is -0.351 e. The fraction of sp³-hybridized carbons (Fsp3) is 0.533. The summed E-state index contributed by atoms with van der Waals surface area (Å²) in [4.78, 5) is 11.9. The van der Waals surface area contributed by atoms with Crippen LogP contribution in [0.1, 0.15) is 41.6 Å². The van der Waals surface area contributed by atoms with Crippen molar-refractivity contribution in [1.29, 1.82) is 0 Å². The van der Waals surface area contributed by atoms with Crippen molar-refractivity contribution in [3.8, 4) is 0 Å². The lowest BCUT2D eigenvalue weighted by Crippen LogP contribution is -2.32. The van der Waals surface area contributed by atoms with Crippen molar-refractivity contribution in [3.05, 3.63) is 35.1 Å². The standard InChI is InChI=1S/C15H15F4NO/c16-12-4-3-10(15(17,18)19)7-11(12)13(21)20-8-14(5-6-14)9-1-2-9/h3-4,7,9H,1-2,5-6,8H2,(H,20,21). The van der Waals surface area contributed by atoms with Gasteiger partial charge in [0.05, 0.1) is 11.1 Å². The number of hydrogen-bond donors (Lipinski definition) is 1. The summed E-state index contributed by atoms with van der Waals surface area (Å²) in [5.74, 6) is -1.09. The van der Waals surface area contributed by atoms with Crippen LogP contribution in [0.2, 0.25) is 0 Å². The van der Waals surface area contributed by atoms with Crippen molar-refractivity contribution in [2.45, 2.75) is 31.9 Å². The number of amides is 1. The molecule has 1 aromatic rings. The van der Waals surface area contributed by atoms with E-state index in [1.54, 1.807) is 0 Å². The predicted octanol–water partition coefficient (Wildman–Crippen LogP) is 3.76. The van der Waals surface area contributed by atoms with Gasteiger partial charge in [0.25, 0.3) is 5.91 Å².